The van der Waals surface area contributed by atoms with Gasteiger partial charge in [-0.15, -0.1) is 0 Å². The van der Waals surface area contributed by atoms with E-state index in [2.05, 4.69) is 15.6 Å². The number of hydrogen-bond acceptors (Lipinski definition) is 4. The van der Waals surface area contributed by atoms with Gasteiger partial charge in [0.2, 0.25) is 0 Å². The number of nitrogens with zero attached hydrogens (tertiary/aromatic N) is 1. The zero-order valence-electron chi connectivity index (χ0n) is 15.2. The molecule has 1 heterocycles. The first-order valence-corrected chi connectivity index (χ1v) is 9.06. The van der Waals surface area contributed by atoms with Crippen LogP contribution in [0.3, 0.4) is 0 Å². The number of rotatable bonds is 4. The molecule has 1 aliphatic heterocycles. The highest BCUT2D eigenvalue weighted by molar-refractivity contribution is 5.94. The highest BCUT2D eigenvalue weighted by atomic mass is 16.5. The fourth-order valence-corrected chi connectivity index (χ4v) is 4.81. The lowest BCUT2D eigenvalue weighted by atomic mass is 9.46. The first kappa shape index (κ1) is 16.5. The lowest BCUT2D eigenvalue weighted by Crippen LogP contribution is -2.72. The average molecular weight is 345 g/mol. The molecule has 1 spiro atoms. The van der Waals surface area contributed by atoms with Gasteiger partial charge in [-0.1, -0.05) is 6.42 Å². The molecule has 1 aromatic carbocycles. The summed E-state index contributed by atoms with van der Waals surface area (Å²) in [5.41, 5.74) is 1.25. The van der Waals surface area contributed by atoms with E-state index in [1.54, 1.807) is 14.2 Å². The molecule has 1 saturated heterocycles. The quantitative estimate of drug-likeness (QED) is 0.649. The molecule has 0 bridgehead atoms. The predicted molar refractivity (Wildman–Crippen MR) is 97.6 cm³/mol. The van der Waals surface area contributed by atoms with Crippen LogP contribution in [0.5, 0.6) is 11.5 Å². The number of ether oxygens (including phenoxy) is 3. The minimum Gasteiger partial charge on any atom is -0.493 e. The second kappa shape index (κ2) is 6.41. The molecule has 0 aromatic heterocycles. The number of guanidine groups is 1. The SMILES string of the molecule is CN=C(Nc1ccc(OC)c(OC)c1)NC1C2CCOC2C12CCC2. The Bertz CT molecular complexity index is 672. The molecule has 3 fully saturated rings. The summed E-state index contributed by atoms with van der Waals surface area (Å²) in [5.74, 6) is 2.83. The molecular weight excluding hydrogens is 318 g/mol. The third kappa shape index (κ3) is 2.54. The summed E-state index contributed by atoms with van der Waals surface area (Å²) in [6.07, 6.45) is 5.44. The van der Waals surface area contributed by atoms with Gasteiger partial charge in [-0.05, 0) is 31.4 Å². The van der Waals surface area contributed by atoms with Gasteiger partial charge in [0.25, 0.3) is 0 Å². The van der Waals surface area contributed by atoms with Crippen LogP contribution in [0.2, 0.25) is 0 Å². The van der Waals surface area contributed by atoms with Gasteiger partial charge >= 0.3 is 0 Å². The fraction of sp³-hybridized carbons (Fsp3) is 0.632. The first-order valence-electron chi connectivity index (χ1n) is 9.06. The molecular formula is C19H27N3O3. The number of hydrogen-bond donors (Lipinski definition) is 2. The van der Waals surface area contributed by atoms with E-state index in [-0.39, 0.29) is 0 Å². The van der Waals surface area contributed by atoms with E-state index in [1.807, 2.05) is 25.2 Å². The molecule has 2 N–H and O–H groups in total. The summed E-state index contributed by atoms with van der Waals surface area (Å²) in [6, 6.07) is 6.24. The van der Waals surface area contributed by atoms with Gasteiger partial charge < -0.3 is 24.8 Å². The van der Waals surface area contributed by atoms with E-state index < -0.39 is 0 Å². The van der Waals surface area contributed by atoms with E-state index in [1.165, 1.54) is 19.3 Å². The van der Waals surface area contributed by atoms with Crippen molar-refractivity contribution < 1.29 is 14.2 Å². The Balaban J connectivity index is 1.47. The largest absolute Gasteiger partial charge is 0.493 e. The van der Waals surface area contributed by atoms with Crippen LogP contribution >= 0.6 is 0 Å². The minimum absolute atomic E-state index is 0.330. The van der Waals surface area contributed by atoms with Crippen LogP contribution in [0.4, 0.5) is 5.69 Å². The predicted octanol–water partition coefficient (Wildman–Crippen LogP) is 2.65. The van der Waals surface area contributed by atoms with Crippen molar-refractivity contribution in [3.8, 4) is 11.5 Å². The van der Waals surface area contributed by atoms with Crippen LogP contribution in [0, 0.1) is 11.3 Å². The standard InChI is InChI=1S/C19H27N3O3/c1-20-18(21-12-5-6-14(23-2)15(11-12)24-3)22-16-13-7-10-25-17(13)19(16)8-4-9-19/h5-6,11,13,16-17H,4,7-10H2,1-3H3,(H2,20,21,22). The van der Waals surface area contributed by atoms with Gasteiger partial charge in [-0.3, -0.25) is 4.99 Å². The average Bonchev–Trinajstić information content (AvgIpc) is 3.02. The van der Waals surface area contributed by atoms with Crippen molar-refractivity contribution in [1.82, 2.24) is 5.32 Å². The zero-order valence-corrected chi connectivity index (χ0v) is 15.2. The monoisotopic (exact) mass is 345 g/mol. The van der Waals surface area contributed by atoms with Gasteiger partial charge in [0.15, 0.2) is 17.5 Å². The lowest BCUT2D eigenvalue weighted by molar-refractivity contribution is -0.171. The van der Waals surface area contributed by atoms with Crippen LogP contribution < -0.4 is 20.1 Å². The Morgan fingerprint density at radius 2 is 2.04 bits per heavy atom. The smallest absolute Gasteiger partial charge is 0.195 e. The van der Waals surface area contributed by atoms with Gasteiger partial charge in [-0.25, -0.2) is 0 Å². The van der Waals surface area contributed by atoms with Crippen LogP contribution in [0.1, 0.15) is 25.7 Å². The van der Waals surface area contributed by atoms with E-state index in [0.717, 1.165) is 24.7 Å². The Hall–Kier alpha value is -1.95. The molecule has 3 atom stereocenters. The Morgan fingerprint density at radius 3 is 2.68 bits per heavy atom. The number of aliphatic imine (C=N–C) groups is 1. The van der Waals surface area contributed by atoms with Crippen molar-refractivity contribution in [2.24, 2.45) is 16.3 Å². The molecule has 25 heavy (non-hydrogen) atoms. The van der Waals surface area contributed by atoms with E-state index in [4.69, 9.17) is 14.2 Å². The molecule has 2 saturated carbocycles. The van der Waals surface area contributed by atoms with Crippen molar-refractivity contribution >= 4 is 11.6 Å². The topological polar surface area (TPSA) is 64.1 Å². The number of anilines is 1. The molecule has 0 amide bonds. The van der Waals surface area contributed by atoms with Crippen molar-refractivity contribution in [2.75, 3.05) is 33.2 Å². The highest BCUT2D eigenvalue weighted by Crippen LogP contribution is 2.62. The summed E-state index contributed by atoms with van der Waals surface area (Å²) in [5, 5.41) is 7.05. The molecule has 136 valence electrons. The van der Waals surface area contributed by atoms with Crippen LogP contribution in [-0.2, 0) is 4.74 Å². The van der Waals surface area contributed by atoms with Crippen molar-refractivity contribution in [3.63, 3.8) is 0 Å². The third-order valence-corrected chi connectivity index (χ3v) is 6.20. The Kier molecular flexibility index (Phi) is 4.23. The lowest BCUT2D eigenvalue weighted by Gasteiger charge is -2.63. The number of fused-ring (bicyclic) bond motifs is 2. The first-order chi connectivity index (χ1) is 12.2. The molecule has 0 radical (unpaired) electrons. The molecule has 3 aliphatic rings. The van der Waals surface area contributed by atoms with Crippen LogP contribution in [-0.4, -0.2) is 46.0 Å². The van der Waals surface area contributed by atoms with Crippen LogP contribution in [0.25, 0.3) is 0 Å². The maximum absolute atomic E-state index is 6.00. The van der Waals surface area contributed by atoms with Gasteiger partial charge in [0.05, 0.1) is 20.3 Å². The van der Waals surface area contributed by atoms with Gasteiger partial charge in [0, 0.05) is 42.8 Å². The molecule has 1 aromatic rings. The summed E-state index contributed by atoms with van der Waals surface area (Å²) in [4.78, 5) is 4.42. The molecule has 6 heteroatoms. The fourth-order valence-electron chi connectivity index (χ4n) is 4.81. The highest BCUT2D eigenvalue weighted by Gasteiger charge is 2.66. The normalized spacial score (nSPS) is 29.4. The zero-order chi connectivity index (χ0) is 17.4. The summed E-state index contributed by atoms with van der Waals surface area (Å²) in [6.45, 7) is 0.900. The van der Waals surface area contributed by atoms with Gasteiger partial charge in [-0.2, -0.15) is 0 Å². The summed E-state index contributed by atoms with van der Waals surface area (Å²) < 4.78 is 16.7. The maximum Gasteiger partial charge on any atom is 0.195 e. The molecule has 3 unspecified atom stereocenters. The van der Waals surface area contributed by atoms with Crippen molar-refractivity contribution in [1.29, 1.82) is 0 Å². The maximum atomic E-state index is 6.00. The molecule has 4 rings (SSSR count). The second-order valence-corrected chi connectivity index (χ2v) is 7.22. The van der Waals surface area contributed by atoms with Gasteiger partial charge in [0.1, 0.15) is 0 Å². The molecule has 6 nitrogen and oxygen atoms in total. The van der Waals surface area contributed by atoms with E-state index in [0.29, 0.717) is 35.0 Å². The Morgan fingerprint density at radius 1 is 1.24 bits per heavy atom. The number of methoxy groups -OCH3 is 2. The number of benzene rings is 1. The van der Waals surface area contributed by atoms with Crippen LogP contribution in [0.15, 0.2) is 23.2 Å². The van der Waals surface area contributed by atoms with Crippen molar-refractivity contribution in [3.05, 3.63) is 18.2 Å². The van der Waals surface area contributed by atoms with E-state index in [9.17, 15) is 0 Å². The minimum atomic E-state index is 0.330. The summed E-state index contributed by atoms with van der Waals surface area (Å²) >= 11 is 0. The van der Waals surface area contributed by atoms with Crippen molar-refractivity contribution in [2.45, 2.75) is 37.8 Å². The Labute approximate surface area is 148 Å². The second-order valence-electron chi connectivity index (χ2n) is 7.22. The van der Waals surface area contributed by atoms with E-state index >= 15 is 0 Å². The third-order valence-electron chi connectivity index (χ3n) is 6.20. The summed E-state index contributed by atoms with van der Waals surface area (Å²) in [7, 11) is 5.09. The number of nitrogens with one attached hydrogen (secondary N) is 2. The molecule has 2 aliphatic carbocycles.